The standard InChI is InChI=1S/C15H17ClN2O/c1-11-2-7-15(19)14(10-11)18-9-8-17-13-5-3-12(16)4-6-13/h2-7,10,17-19H,8-9H2,1H3. The van der Waals surface area contributed by atoms with Gasteiger partial charge in [-0.25, -0.2) is 0 Å². The molecule has 0 aromatic heterocycles. The molecule has 0 radical (unpaired) electrons. The Labute approximate surface area is 118 Å². The minimum absolute atomic E-state index is 0.275. The molecule has 100 valence electrons. The molecule has 3 N–H and O–H groups in total. The lowest BCUT2D eigenvalue weighted by Crippen LogP contribution is -2.13. The van der Waals surface area contributed by atoms with Crippen LogP contribution in [0.2, 0.25) is 5.02 Å². The molecule has 0 unspecified atom stereocenters. The second-order valence-corrected chi connectivity index (χ2v) is 4.82. The van der Waals surface area contributed by atoms with E-state index < -0.39 is 0 Å². The molecule has 3 nitrogen and oxygen atoms in total. The normalized spacial score (nSPS) is 10.2. The molecule has 0 aliphatic rings. The zero-order valence-electron chi connectivity index (χ0n) is 10.8. The van der Waals surface area contributed by atoms with Gasteiger partial charge in [0.2, 0.25) is 0 Å². The van der Waals surface area contributed by atoms with Crippen molar-refractivity contribution in [2.45, 2.75) is 6.92 Å². The molecule has 2 rings (SSSR count). The molecule has 0 aliphatic carbocycles. The zero-order chi connectivity index (χ0) is 13.7. The molecular weight excluding hydrogens is 260 g/mol. The lowest BCUT2D eigenvalue weighted by molar-refractivity contribution is 0.477. The van der Waals surface area contributed by atoms with Crippen LogP contribution >= 0.6 is 11.6 Å². The summed E-state index contributed by atoms with van der Waals surface area (Å²) in [6.07, 6.45) is 0. The van der Waals surface area contributed by atoms with E-state index in [2.05, 4.69) is 10.6 Å². The van der Waals surface area contributed by atoms with E-state index in [1.807, 2.05) is 43.3 Å². The van der Waals surface area contributed by atoms with E-state index in [9.17, 15) is 5.11 Å². The number of benzene rings is 2. The van der Waals surface area contributed by atoms with Gasteiger partial charge in [-0.3, -0.25) is 0 Å². The molecule has 0 atom stereocenters. The quantitative estimate of drug-likeness (QED) is 0.574. The van der Waals surface area contributed by atoms with Crippen LogP contribution in [0, 0.1) is 6.92 Å². The maximum absolute atomic E-state index is 9.68. The first-order valence-corrected chi connectivity index (χ1v) is 6.56. The summed E-state index contributed by atoms with van der Waals surface area (Å²) in [5.74, 6) is 0.275. The van der Waals surface area contributed by atoms with Crippen LogP contribution < -0.4 is 10.6 Å². The van der Waals surface area contributed by atoms with Crippen molar-refractivity contribution in [3.8, 4) is 5.75 Å². The first kappa shape index (κ1) is 13.6. The number of hydrogen-bond acceptors (Lipinski definition) is 3. The predicted octanol–water partition coefficient (Wildman–Crippen LogP) is 3.88. The number of phenols is 1. The molecule has 0 spiro atoms. The molecule has 0 aliphatic heterocycles. The van der Waals surface area contributed by atoms with Gasteiger partial charge in [0.15, 0.2) is 0 Å². The van der Waals surface area contributed by atoms with Crippen molar-refractivity contribution in [3.05, 3.63) is 53.1 Å². The van der Waals surface area contributed by atoms with Crippen molar-refractivity contribution in [1.29, 1.82) is 0 Å². The highest BCUT2D eigenvalue weighted by Gasteiger charge is 1.99. The summed E-state index contributed by atoms with van der Waals surface area (Å²) >= 11 is 5.82. The monoisotopic (exact) mass is 276 g/mol. The van der Waals surface area contributed by atoms with Crippen LogP contribution in [0.15, 0.2) is 42.5 Å². The summed E-state index contributed by atoms with van der Waals surface area (Å²) in [7, 11) is 0. The van der Waals surface area contributed by atoms with Gasteiger partial charge in [-0.05, 0) is 48.9 Å². The number of phenolic OH excluding ortho intramolecular Hbond substituents is 1. The van der Waals surface area contributed by atoms with Crippen LogP contribution in [0.4, 0.5) is 11.4 Å². The number of nitrogens with one attached hydrogen (secondary N) is 2. The Balaban J connectivity index is 1.80. The third-order valence-electron chi connectivity index (χ3n) is 2.77. The Hall–Kier alpha value is -1.87. The van der Waals surface area contributed by atoms with Gasteiger partial charge in [-0.1, -0.05) is 17.7 Å². The summed E-state index contributed by atoms with van der Waals surface area (Å²) < 4.78 is 0. The van der Waals surface area contributed by atoms with Gasteiger partial charge >= 0.3 is 0 Å². The highest BCUT2D eigenvalue weighted by atomic mass is 35.5. The average Bonchev–Trinajstić information content (AvgIpc) is 2.40. The number of hydrogen-bond donors (Lipinski definition) is 3. The average molecular weight is 277 g/mol. The van der Waals surface area contributed by atoms with E-state index in [0.717, 1.165) is 35.1 Å². The highest BCUT2D eigenvalue weighted by Crippen LogP contribution is 2.23. The van der Waals surface area contributed by atoms with Crippen LogP contribution in [0.5, 0.6) is 5.75 Å². The number of anilines is 2. The highest BCUT2D eigenvalue weighted by molar-refractivity contribution is 6.30. The Kier molecular flexibility index (Phi) is 4.53. The fourth-order valence-corrected chi connectivity index (χ4v) is 1.89. The molecular formula is C15H17ClN2O. The number of rotatable bonds is 5. The first-order chi connectivity index (χ1) is 9.15. The lowest BCUT2D eigenvalue weighted by atomic mass is 10.2. The van der Waals surface area contributed by atoms with Crippen LogP contribution in [0.25, 0.3) is 0 Å². The molecule has 0 bridgehead atoms. The number of aryl methyl sites for hydroxylation is 1. The first-order valence-electron chi connectivity index (χ1n) is 6.18. The molecule has 0 saturated carbocycles. The van der Waals surface area contributed by atoms with E-state index in [1.165, 1.54) is 0 Å². The molecule has 0 saturated heterocycles. The van der Waals surface area contributed by atoms with Crippen LogP contribution in [0.3, 0.4) is 0 Å². The SMILES string of the molecule is Cc1ccc(O)c(NCCNc2ccc(Cl)cc2)c1. The summed E-state index contributed by atoms with van der Waals surface area (Å²) in [4.78, 5) is 0. The van der Waals surface area contributed by atoms with Crippen LogP contribution in [-0.2, 0) is 0 Å². The van der Waals surface area contributed by atoms with Crippen molar-refractivity contribution in [2.24, 2.45) is 0 Å². The number of aromatic hydroxyl groups is 1. The van der Waals surface area contributed by atoms with Crippen molar-refractivity contribution >= 4 is 23.0 Å². The van der Waals surface area contributed by atoms with E-state index in [0.29, 0.717) is 0 Å². The van der Waals surface area contributed by atoms with Gasteiger partial charge in [0.25, 0.3) is 0 Å². The fourth-order valence-electron chi connectivity index (χ4n) is 1.76. The minimum atomic E-state index is 0.275. The van der Waals surface area contributed by atoms with Crippen LogP contribution in [-0.4, -0.2) is 18.2 Å². The molecule has 2 aromatic carbocycles. The van der Waals surface area contributed by atoms with Gasteiger partial charge in [0.05, 0.1) is 5.69 Å². The molecule has 0 amide bonds. The molecule has 19 heavy (non-hydrogen) atoms. The summed E-state index contributed by atoms with van der Waals surface area (Å²) in [6, 6.07) is 13.1. The zero-order valence-corrected chi connectivity index (χ0v) is 11.5. The second-order valence-electron chi connectivity index (χ2n) is 4.38. The maximum Gasteiger partial charge on any atom is 0.138 e. The van der Waals surface area contributed by atoms with Crippen molar-refractivity contribution < 1.29 is 5.11 Å². The van der Waals surface area contributed by atoms with Gasteiger partial charge in [0, 0.05) is 23.8 Å². The molecule has 4 heteroatoms. The molecule has 0 heterocycles. The van der Waals surface area contributed by atoms with E-state index in [-0.39, 0.29) is 5.75 Å². The Bertz CT molecular complexity index is 540. The summed E-state index contributed by atoms with van der Waals surface area (Å²) in [6.45, 7) is 3.48. The second kappa shape index (κ2) is 6.34. The third kappa shape index (κ3) is 4.07. The minimum Gasteiger partial charge on any atom is -0.506 e. The Morgan fingerprint density at radius 2 is 1.68 bits per heavy atom. The van der Waals surface area contributed by atoms with Crippen molar-refractivity contribution in [2.75, 3.05) is 23.7 Å². The summed E-state index contributed by atoms with van der Waals surface area (Å²) in [5, 5.41) is 16.9. The fraction of sp³-hybridized carbons (Fsp3) is 0.200. The predicted molar refractivity (Wildman–Crippen MR) is 81.3 cm³/mol. The van der Waals surface area contributed by atoms with Crippen LogP contribution in [0.1, 0.15) is 5.56 Å². The van der Waals surface area contributed by atoms with Gasteiger partial charge < -0.3 is 15.7 Å². The third-order valence-corrected chi connectivity index (χ3v) is 3.02. The van der Waals surface area contributed by atoms with Gasteiger partial charge in [-0.2, -0.15) is 0 Å². The van der Waals surface area contributed by atoms with Gasteiger partial charge in [-0.15, -0.1) is 0 Å². The number of halogens is 1. The smallest absolute Gasteiger partial charge is 0.138 e. The molecule has 2 aromatic rings. The van der Waals surface area contributed by atoms with E-state index in [4.69, 9.17) is 11.6 Å². The molecule has 0 fully saturated rings. The van der Waals surface area contributed by atoms with Crippen molar-refractivity contribution in [3.63, 3.8) is 0 Å². The van der Waals surface area contributed by atoms with E-state index >= 15 is 0 Å². The summed E-state index contributed by atoms with van der Waals surface area (Å²) in [5.41, 5.74) is 2.91. The maximum atomic E-state index is 9.68. The topological polar surface area (TPSA) is 44.3 Å². The van der Waals surface area contributed by atoms with E-state index in [1.54, 1.807) is 6.07 Å². The Morgan fingerprint density at radius 1 is 1.00 bits per heavy atom. The largest absolute Gasteiger partial charge is 0.506 e. The Morgan fingerprint density at radius 3 is 2.42 bits per heavy atom. The van der Waals surface area contributed by atoms with Crippen molar-refractivity contribution in [1.82, 2.24) is 0 Å². The lowest BCUT2D eigenvalue weighted by Gasteiger charge is -2.10. The van der Waals surface area contributed by atoms with Gasteiger partial charge in [0.1, 0.15) is 5.75 Å².